The molecule has 1 fully saturated rings. The fraction of sp³-hybridized carbons (Fsp3) is 0.344. The van der Waals surface area contributed by atoms with Crippen molar-refractivity contribution >= 4 is 26.6 Å². The van der Waals surface area contributed by atoms with E-state index in [0.717, 1.165) is 50.2 Å². The Morgan fingerprint density at radius 1 is 1.00 bits per heavy atom. The van der Waals surface area contributed by atoms with Gasteiger partial charge in [-0.3, -0.25) is 9.71 Å². The van der Waals surface area contributed by atoms with Crippen LogP contribution in [0.4, 0.5) is 23.2 Å². The lowest BCUT2D eigenvalue weighted by Crippen LogP contribution is -2.34. The molecule has 1 aliphatic heterocycles. The second-order valence-electron chi connectivity index (χ2n) is 10.9. The fourth-order valence-electron chi connectivity index (χ4n) is 5.22. The molecule has 0 unspecified atom stereocenters. The fourth-order valence-corrected chi connectivity index (χ4v) is 6.49. The minimum Gasteiger partial charge on any atom is -0.491 e. The molecule has 240 valence electrons. The van der Waals surface area contributed by atoms with Gasteiger partial charge in [0.15, 0.2) is 23.1 Å². The molecular formula is C32H33F4N3O5S. The topological polar surface area (TPSA) is 90.0 Å². The maximum Gasteiger partial charge on any atom is 0.417 e. The van der Waals surface area contributed by atoms with Crippen LogP contribution in [0.5, 0.6) is 23.0 Å². The summed E-state index contributed by atoms with van der Waals surface area (Å²) in [5.41, 5.74) is -1.18. The van der Waals surface area contributed by atoms with Crippen LogP contribution >= 0.6 is 0 Å². The molecule has 0 saturated carbocycles. The number of nitrogens with one attached hydrogen (secondary N) is 1. The lowest BCUT2D eigenvalue weighted by Gasteiger charge is -2.30. The van der Waals surface area contributed by atoms with Gasteiger partial charge in [-0.05, 0) is 80.7 Å². The summed E-state index contributed by atoms with van der Waals surface area (Å²) in [7, 11) is -3.19. The first kappa shape index (κ1) is 32.3. The number of anilines is 1. The summed E-state index contributed by atoms with van der Waals surface area (Å²) >= 11 is 0. The number of alkyl halides is 3. The summed E-state index contributed by atoms with van der Waals surface area (Å²) < 4.78 is 100. The highest BCUT2D eigenvalue weighted by Gasteiger charge is 2.37. The number of hydrogen-bond acceptors (Lipinski definition) is 7. The zero-order valence-electron chi connectivity index (χ0n) is 24.7. The molecule has 5 rings (SSSR count). The molecule has 8 nitrogen and oxygen atoms in total. The average molecular weight is 648 g/mol. The van der Waals surface area contributed by atoms with Crippen LogP contribution in [0.2, 0.25) is 0 Å². The lowest BCUT2D eigenvalue weighted by molar-refractivity contribution is -0.139. The van der Waals surface area contributed by atoms with Crippen LogP contribution in [0.1, 0.15) is 31.7 Å². The average Bonchev–Trinajstić information content (AvgIpc) is 3.01. The Hall–Kier alpha value is -4.10. The van der Waals surface area contributed by atoms with E-state index in [9.17, 15) is 21.6 Å². The van der Waals surface area contributed by atoms with Crippen LogP contribution in [-0.2, 0) is 16.2 Å². The summed E-state index contributed by atoms with van der Waals surface area (Å²) in [6, 6.07) is 11.9. The second kappa shape index (κ2) is 13.5. The number of nitrogens with zero attached hydrogens (tertiary/aromatic N) is 2. The molecule has 1 aliphatic rings. The van der Waals surface area contributed by atoms with E-state index in [2.05, 4.69) is 16.8 Å². The molecule has 0 spiro atoms. The van der Waals surface area contributed by atoms with Crippen molar-refractivity contribution in [2.45, 2.75) is 37.3 Å². The Balaban J connectivity index is 1.29. The van der Waals surface area contributed by atoms with Crippen molar-refractivity contribution in [1.82, 2.24) is 9.88 Å². The molecule has 1 saturated heterocycles. The number of methoxy groups -OCH3 is 1. The highest BCUT2D eigenvalue weighted by atomic mass is 32.2. The Morgan fingerprint density at radius 3 is 2.44 bits per heavy atom. The molecule has 0 atom stereocenters. The predicted octanol–water partition coefficient (Wildman–Crippen LogP) is 7.50. The number of sulfonamides is 1. The molecule has 13 heteroatoms. The van der Waals surface area contributed by atoms with Gasteiger partial charge in [-0.15, -0.1) is 0 Å². The van der Waals surface area contributed by atoms with Crippen LogP contribution in [0.3, 0.4) is 0 Å². The van der Waals surface area contributed by atoms with Crippen molar-refractivity contribution in [2.24, 2.45) is 5.92 Å². The summed E-state index contributed by atoms with van der Waals surface area (Å²) in [5, 5.41) is 0.511. The van der Waals surface area contributed by atoms with Crippen molar-refractivity contribution in [1.29, 1.82) is 0 Å². The molecule has 0 radical (unpaired) electrons. The highest BCUT2D eigenvalue weighted by Crippen LogP contribution is 2.40. The summed E-state index contributed by atoms with van der Waals surface area (Å²) in [4.78, 5) is 5.88. The van der Waals surface area contributed by atoms with Gasteiger partial charge in [0.1, 0.15) is 11.3 Å². The third-order valence-electron chi connectivity index (χ3n) is 7.63. The van der Waals surface area contributed by atoms with Gasteiger partial charge in [0.25, 0.3) is 10.0 Å². The molecule has 3 aromatic carbocycles. The van der Waals surface area contributed by atoms with E-state index in [1.165, 1.54) is 50.4 Å². The Labute approximate surface area is 259 Å². The first-order chi connectivity index (χ1) is 21.5. The van der Waals surface area contributed by atoms with Crippen LogP contribution < -0.4 is 18.9 Å². The van der Waals surface area contributed by atoms with Gasteiger partial charge in [0.2, 0.25) is 0 Å². The van der Waals surface area contributed by atoms with Crippen LogP contribution in [-0.4, -0.2) is 51.7 Å². The zero-order valence-corrected chi connectivity index (χ0v) is 25.6. The quantitative estimate of drug-likeness (QED) is 0.133. The number of ether oxygens (including phenoxy) is 3. The van der Waals surface area contributed by atoms with E-state index in [1.807, 2.05) is 4.72 Å². The van der Waals surface area contributed by atoms with Crippen LogP contribution in [0.25, 0.3) is 10.9 Å². The summed E-state index contributed by atoms with van der Waals surface area (Å²) in [5.74, 6) is 0.740. The number of pyridine rings is 1. The van der Waals surface area contributed by atoms with Gasteiger partial charge in [-0.1, -0.05) is 19.1 Å². The van der Waals surface area contributed by atoms with Crippen LogP contribution in [0, 0.1) is 11.7 Å². The monoisotopic (exact) mass is 647 g/mol. The van der Waals surface area contributed by atoms with Crippen molar-refractivity contribution in [3.63, 3.8) is 0 Å². The van der Waals surface area contributed by atoms with E-state index >= 15 is 4.39 Å². The molecule has 0 amide bonds. The number of piperidine rings is 1. The molecule has 0 aliphatic carbocycles. The molecule has 45 heavy (non-hydrogen) atoms. The van der Waals surface area contributed by atoms with Gasteiger partial charge in [0, 0.05) is 24.2 Å². The number of fused-ring (bicyclic) bond motifs is 1. The number of halogens is 4. The van der Waals surface area contributed by atoms with E-state index in [-0.39, 0.29) is 17.2 Å². The molecule has 4 aromatic rings. The van der Waals surface area contributed by atoms with E-state index in [4.69, 9.17) is 14.2 Å². The highest BCUT2D eigenvalue weighted by molar-refractivity contribution is 7.92. The van der Waals surface area contributed by atoms with Gasteiger partial charge >= 0.3 is 6.18 Å². The number of aromatic nitrogens is 1. The van der Waals surface area contributed by atoms with E-state index < -0.39 is 32.5 Å². The van der Waals surface area contributed by atoms with Crippen molar-refractivity contribution in [3.8, 4) is 23.0 Å². The standard InChI is InChI=1S/C32H33F4N3O5S/c1-21-13-17-39(18-14-21)16-5-19-43-28-11-9-23-26(12-15-37-30(23)31(28)42-2)44-27-10-8-22(20-25(27)33)38-45(40,41)29-7-4-3-6-24(29)32(34,35)36/h3-4,6-12,15,20-21,38H,5,13-14,16-19H2,1-2H3. The minimum absolute atomic E-state index is 0.243. The summed E-state index contributed by atoms with van der Waals surface area (Å²) in [6.07, 6.45) is -0.152. The van der Waals surface area contributed by atoms with E-state index in [0.29, 0.717) is 35.1 Å². The third-order valence-corrected chi connectivity index (χ3v) is 9.07. The van der Waals surface area contributed by atoms with E-state index in [1.54, 1.807) is 12.1 Å². The Kier molecular flexibility index (Phi) is 9.68. The molecule has 2 heterocycles. The molecule has 0 bridgehead atoms. The predicted molar refractivity (Wildman–Crippen MR) is 162 cm³/mol. The molecule has 1 aromatic heterocycles. The Morgan fingerprint density at radius 2 is 1.73 bits per heavy atom. The van der Waals surface area contributed by atoms with Gasteiger partial charge < -0.3 is 19.1 Å². The zero-order chi connectivity index (χ0) is 32.2. The minimum atomic E-state index is -4.90. The Bertz CT molecular complexity index is 1760. The van der Waals surface area contributed by atoms with Crippen molar-refractivity contribution in [2.75, 3.05) is 38.1 Å². The first-order valence-electron chi connectivity index (χ1n) is 14.4. The van der Waals surface area contributed by atoms with Crippen LogP contribution in [0.15, 0.2) is 71.8 Å². The smallest absolute Gasteiger partial charge is 0.417 e. The first-order valence-corrected chi connectivity index (χ1v) is 15.9. The maximum atomic E-state index is 15.1. The van der Waals surface area contributed by atoms with Gasteiger partial charge in [0.05, 0.1) is 29.9 Å². The largest absolute Gasteiger partial charge is 0.491 e. The van der Waals surface area contributed by atoms with Crippen molar-refractivity contribution < 1.29 is 40.2 Å². The SMILES string of the molecule is COc1c(OCCCN2CCC(C)CC2)ccc2c(Oc3ccc(NS(=O)(=O)c4ccccc4C(F)(F)F)cc3F)ccnc12. The molecular weight excluding hydrogens is 614 g/mol. The normalized spacial score (nSPS) is 14.8. The number of hydrogen-bond donors (Lipinski definition) is 1. The number of rotatable bonds is 11. The molecule has 1 N–H and O–H groups in total. The number of likely N-dealkylation sites (tertiary alicyclic amines) is 1. The summed E-state index contributed by atoms with van der Waals surface area (Å²) in [6.45, 7) is 5.92. The second-order valence-corrected chi connectivity index (χ2v) is 12.5. The van der Waals surface area contributed by atoms with Crippen molar-refractivity contribution in [3.05, 3.63) is 78.2 Å². The van der Waals surface area contributed by atoms with Gasteiger partial charge in [-0.25, -0.2) is 12.8 Å². The number of benzene rings is 3. The third kappa shape index (κ3) is 7.59. The van der Waals surface area contributed by atoms with Gasteiger partial charge in [-0.2, -0.15) is 13.2 Å². The lowest BCUT2D eigenvalue weighted by atomic mass is 9.99. The maximum absolute atomic E-state index is 15.1.